The third-order valence-electron chi connectivity index (χ3n) is 4.69. The Balaban J connectivity index is 1.44. The molecule has 1 fully saturated rings. The number of imidazole rings is 1. The highest BCUT2D eigenvalue weighted by atomic mass is 16.2. The zero-order valence-electron chi connectivity index (χ0n) is 15.9. The Morgan fingerprint density at radius 2 is 1.68 bits per heavy atom. The number of aromatic nitrogens is 2. The molecule has 6 heteroatoms. The molecule has 2 N–H and O–H groups in total. The first-order valence-electron chi connectivity index (χ1n) is 9.33. The number of hydrogen-bond acceptors (Lipinski definition) is 3. The minimum Gasteiger partial charge on any atom is -0.322 e. The molecule has 0 saturated heterocycles. The number of amides is 2. The minimum absolute atomic E-state index is 0.0312. The fourth-order valence-electron chi connectivity index (χ4n) is 3.14. The fourth-order valence-corrected chi connectivity index (χ4v) is 3.14. The first kappa shape index (κ1) is 18.0. The van der Waals surface area contributed by atoms with Crippen molar-refractivity contribution in [2.75, 3.05) is 10.6 Å². The SMILES string of the molecule is Cc1cc(C)cc(NC(=O)c2ccc(-n3cnc(NC(=O)C4CC4)c3)cc2)c1. The lowest BCUT2D eigenvalue weighted by atomic mass is 10.1. The summed E-state index contributed by atoms with van der Waals surface area (Å²) in [6, 6.07) is 13.2. The van der Waals surface area contributed by atoms with Gasteiger partial charge < -0.3 is 15.2 Å². The van der Waals surface area contributed by atoms with Gasteiger partial charge in [-0.05, 0) is 74.2 Å². The van der Waals surface area contributed by atoms with E-state index in [0.717, 1.165) is 35.3 Å². The van der Waals surface area contributed by atoms with E-state index < -0.39 is 0 Å². The van der Waals surface area contributed by atoms with Crippen LogP contribution in [0.1, 0.15) is 34.3 Å². The lowest BCUT2D eigenvalue weighted by Gasteiger charge is -2.08. The molecule has 0 radical (unpaired) electrons. The summed E-state index contributed by atoms with van der Waals surface area (Å²) in [7, 11) is 0. The lowest BCUT2D eigenvalue weighted by Crippen LogP contribution is -2.13. The van der Waals surface area contributed by atoms with Crippen LogP contribution in [0.4, 0.5) is 11.5 Å². The molecule has 6 nitrogen and oxygen atoms in total. The molecule has 142 valence electrons. The summed E-state index contributed by atoms with van der Waals surface area (Å²) in [4.78, 5) is 28.6. The van der Waals surface area contributed by atoms with Crippen LogP contribution >= 0.6 is 0 Å². The Morgan fingerprint density at radius 3 is 2.32 bits per heavy atom. The number of nitrogens with zero attached hydrogens (tertiary/aromatic N) is 2. The Bertz CT molecular complexity index is 1010. The van der Waals surface area contributed by atoms with E-state index in [1.165, 1.54) is 0 Å². The van der Waals surface area contributed by atoms with Crippen molar-refractivity contribution < 1.29 is 9.59 Å². The van der Waals surface area contributed by atoms with Crippen LogP contribution in [0.2, 0.25) is 0 Å². The van der Waals surface area contributed by atoms with Crippen molar-refractivity contribution in [1.29, 1.82) is 0 Å². The van der Waals surface area contributed by atoms with Gasteiger partial charge in [-0.15, -0.1) is 0 Å². The Hall–Kier alpha value is -3.41. The van der Waals surface area contributed by atoms with Gasteiger partial charge in [0, 0.05) is 22.9 Å². The smallest absolute Gasteiger partial charge is 0.255 e. The number of hydrogen-bond donors (Lipinski definition) is 2. The molecule has 0 spiro atoms. The monoisotopic (exact) mass is 374 g/mol. The average molecular weight is 374 g/mol. The predicted octanol–water partition coefficient (Wildman–Crippen LogP) is 4.09. The summed E-state index contributed by atoms with van der Waals surface area (Å²) in [5.41, 5.74) is 4.44. The fraction of sp³-hybridized carbons (Fsp3) is 0.227. The summed E-state index contributed by atoms with van der Waals surface area (Å²) in [6.45, 7) is 4.01. The molecule has 1 heterocycles. The van der Waals surface area contributed by atoms with Crippen LogP contribution in [0.5, 0.6) is 0 Å². The summed E-state index contributed by atoms with van der Waals surface area (Å²) < 4.78 is 1.81. The van der Waals surface area contributed by atoms with Crippen molar-refractivity contribution in [3.8, 4) is 5.69 Å². The second kappa shape index (κ2) is 7.31. The Kier molecular flexibility index (Phi) is 4.69. The number of carbonyl (C=O) groups is 2. The van der Waals surface area contributed by atoms with Crippen LogP contribution in [-0.2, 0) is 4.79 Å². The first-order chi connectivity index (χ1) is 13.5. The maximum atomic E-state index is 12.5. The largest absolute Gasteiger partial charge is 0.322 e. The molecule has 3 aromatic rings. The normalized spacial score (nSPS) is 13.2. The molecule has 2 amide bonds. The van der Waals surface area contributed by atoms with Gasteiger partial charge in [0.2, 0.25) is 5.91 Å². The third-order valence-corrected chi connectivity index (χ3v) is 4.69. The van der Waals surface area contributed by atoms with Crippen LogP contribution in [0.25, 0.3) is 5.69 Å². The molecule has 0 bridgehead atoms. The minimum atomic E-state index is -0.153. The second-order valence-electron chi connectivity index (χ2n) is 7.31. The summed E-state index contributed by atoms with van der Waals surface area (Å²) in [5, 5.41) is 5.76. The summed E-state index contributed by atoms with van der Waals surface area (Å²) >= 11 is 0. The number of benzene rings is 2. The maximum absolute atomic E-state index is 12.5. The first-order valence-corrected chi connectivity index (χ1v) is 9.33. The van der Waals surface area contributed by atoms with Gasteiger partial charge in [-0.2, -0.15) is 0 Å². The van der Waals surface area contributed by atoms with Crippen molar-refractivity contribution in [2.24, 2.45) is 5.92 Å². The van der Waals surface area contributed by atoms with E-state index >= 15 is 0 Å². The van der Waals surface area contributed by atoms with Crippen LogP contribution in [0.3, 0.4) is 0 Å². The van der Waals surface area contributed by atoms with E-state index in [4.69, 9.17) is 0 Å². The molecule has 1 aliphatic carbocycles. The zero-order valence-corrected chi connectivity index (χ0v) is 15.9. The molecule has 0 unspecified atom stereocenters. The molecule has 2 aromatic carbocycles. The predicted molar refractivity (Wildman–Crippen MR) is 109 cm³/mol. The molecule has 0 aliphatic heterocycles. The number of carbonyl (C=O) groups excluding carboxylic acids is 2. The van der Waals surface area contributed by atoms with Gasteiger partial charge in [0.25, 0.3) is 5.91 Å². The molecule has 28 heavy (non-hydrogen) atoms. The van der Waals surface area contributed by atoms with Gasteiger partial charge in [0.15, 0.2) is 5.82 Å². The van der Waals surface area contributed by atoms with Gasteiger partial charge in [0.05, 0.1) is 6.20 Å². The van der Waals surface area contributed by atoms with Crippen molar-refractivity contribution >= 4 is 23.3 Å². The lowest BCUT2D eigenvalue weighted by molar-refractivity contribution is -0.117. The molecule has 1 aliphatic rings. The van der Waals surface area contributed by atoms with Gasteiger partial charge in [-0.25, -0.2) is 4.98 Å². The molecular weight excluding hydrogens is 352 g/mol. The van der Waals surface area contributed by atoms with Crippen molar-refractivity contribution in [2.45, 2.75) is 26.7 Å². The van der Waals surface area contributed by atoms with Crippen molar-refractivity contribution in [3.05, 3.63) is 71.7 Å². The molecular formula is C22H22N4O2. The van der Waals surface area contributed by atoms with Crippen LogP contribution < -0.4 is 10.6 Å². The van der Waals surface area contributed by atoms with E-state index in [0.29, 0.717) is 11.4 Å². The molecule has 4 rings (SSSR count). The maximum Gasteiger partial charge on any atom is 0.255 e. The van der Waals surface area contributed by atoms with E-state index in [1.807, 2.05) is 42.7 Å². The Morgan fingerprint density at radius 1 is 1.00 bits per heavy atom. The molecule has 0 atom stereocenters. The Labute approximate surface area is 163 Å². The number of rotatable bonds is 5. The van der Waals surface area contributed by atoms with E-state index in [9.17, 15) is 9.59 Å². The topological polar surface area (TPSA) is 76.0 Å². The van der Waals surface area contributed by atoms with Gasteiger partial charge in [-0.3, -0.25) is 9.59 Å². The van der Waals surface area contributed by atoms with Crippen LogP contribution in [0, 0.1) is 19.8 Å². The standard InChI is InChI=1S/C22H22N4O2/c1-14-9-15(2)11-18(10-14)24-21(27)17-5-7-19(8-6-17)26-12-20(23-13-26)25-22(28)16-3-4-16/h5-13,16H,3-4H2,1-2H3,(H,24,27)(H,25,28). The third kappa shape index (κ3) is 4.11. The highest BCUT2D eigenvalue weighted by Gasteiger charge is 2.29. The average Bonchev–Trinajstić information content (AvgIpc) is 3.41. The quantitative estimate of drug-likeness (QED) is 0.706. The van der Waals surface area contributed by atoms with E-state index in [2.05, 4.69) is 21.7 Å². The highest BCUT2D eigenvalue weighted by Crippen LogP contribution is 2.30. The van der Waals surface area contributed by atoms with E-state index in [1.54, 1.807) is 24.7 Å². The van der Waals surface area contributed by atoms with E-state index in [-0.39, 0.29) is 17.7 Å². The van der Waals surface area contributed by atoms with Gasteiger partial charge in [0.1, 0.15) is 6.33 Å². The van der Waals surface area contributed by atoms with Crippen LogP contribution in [-0.4, -0.2) is 21.4 Å². The number of aryl methyl sites for hydroxylation is 2. The van der Waals surface area contributed by atoms with Gasteiger partial charge >= 0.3 is 0 Å². The number of nitrogens with one attached hydrogen (secondary N) is 2. The second-order valence-corrected chi connectivity index (χ2v) is 7.31. The molecule has 1 saturated carbocycles. The summed E-state index contributed by atoms with van der Waals surface area (Å²) in [5.74, 6) is 0.553. The van der Waals surface area contributed by atoms with Gasteiger partial charge in [-0.1, -0.05) is 6.07 Å². The molecule has 1 aromatic heterocycles. The van der Waals surface area contributed by atoms with Crippen molar-refractivity contribution in [1.82, 2.24) is 9.55 Å². The summed E-state index contributed by atoms with van der Waals surface area (Å²) in [6.07, 6.45) is 5.33. The number of anilines is 2. The van der Waals surface area contributed by atoms with Crippen LogP contribution in [0.15, 0.2) is 55.0 Å². The highest BCUT2D eigenvalue weighted by molar-refractivity contribution is 6.04. The zero-order chi connectivity index (χ0) is 19.7. The van der Waals surface area contributed by atoms with Crippen molar-refractivity contribution in [3.63, 3.8) is 0 Å².